The van der Waals surface area contributed by atoms with Crippen LogP contribution >= 0.6 is 15.9 Å². The molecule has 2 aliphatic carbocycles. The molecule has 0 radical (unpaired) electrons. The van der Waals surface area contributed by atoms with E-state index < -0.39 is 15.8 Å². The number of rotatable bonds is 6. The van der Waals surface area contributed by atoms with Crippen LogP contribution in [-0.2, 0) is 10.0 Å². The standard InChI is InChI=1S/C14H18BrFN2O2S/c15-11-5-14(13(17)6-12(11)16)21(19,20)18-7-10(8-1-2-8)9-3-4-9/h5-6,8-10,18H,1-4,7,17H2. The third-order valence-electron chi connectivity index (χ3n) is 4.31. The first-order chi connectivity index (χ1) is 9.88. The van der Waals surface area contributed by atoms with Gasteiger partial charge in [-0.05, 0) is 71.5 Å². The summed E-state index contributed by atoms with van der Waals surface area (Å²) in [6, 6.07) is 2.24. The van der Waals surface area contributed by atoms with Gasteiger partial charge in [0.1, 0.15) is 10.7 Å². The lowest BCUT2D eigenvalue weighted by molar-refractivity contribution is 0.401. The number of hydrogen-bond donors (Lipinski definition) is 2. The Morgan fingerprint density at radius 1 is 1.29 bits per heavy atom. The first-order valence-electron chi connectivity index (χ1n) is 7.12. The normalized spacial score (nSPS) is 19.2. The smallest absolute Gasteiger partial charge is 0.242 e. The van der Waals surface area contributed by atoms with Crippen LogP contribution in [0.3, 0.4) is 0 Å². The van der Waals surface area contributed by atoms with Crippen molar-refractivity contribution in [2.45, 2.75) is 30.6 Å². The molecule has 0 unspecified atom stereocenters. The van der Waals surface area contributed by atoms with Gasteiger partial charge in [-0.2, -0.15) is 0 Å². The van der Waals surface area contributed by atoms with Crippen molar-refractivity contribution >= 4 is 31.6 Å². The van der Waals surface area contributed by atoms with E-state index in [1.165, 1.54) is 31.7 Å². The molecule has 2 fully saturated rings. The number of sulfonamides is 1. The van der Waals surface area contributed by atoms with E-state index in [0.29, 0.717) is 24.3 Å². The largest absolute Gasteiger partial charge is 0.398 e. The van der Waals surface area contributed by atoms with Gasteiger partial charge in [0.15, 0.2) is 0 Å². The zero-order valence-electron chi connectivity index (χ0n) is 11.5. The average Bonchev–Trinajstić information content (AvgIpc) is 3.25. The molecule has 21 heavy (non-hydrogen) atoms. The minimum Gasteiger partial charge on any atom is -0.398 e. The second-order valence-corrected chi connectivity index (χ2v) is 8.58. The Morgan fingerprint density at radius 3 is 2.38 bits per heavy atom. The Bertz CT molecular complexity index is 645. The molecule has 0 heterocycles. The quantitative estimate of drug-likeness (QED) is 0.749. The highest BCUT2D eigenvalue weighted by molar-refractivity contribution is 9.10. The first kappa shape index (κ1) is 15.2. The van der Waals surface area contributed by atoms with Crippen molar-refractivity contribution in [1.29, 1.82) is 0 Å². The lowest BCUT2D eigenvalue weighted by atomic mass is 9.99. The van der Waals surface area contributed by atoms with Crippen LogP contribution in [0.4, 0.5) is 10.1 Å². The van der Waals surface area contributed by atoms with Crippen LogP contribution in [0.5, 0.6) is 0 Å². The number of anilines is 1. The molecule has 3 rings (SSSR count). The molecule has 0 spiro atoms. The Kier molecular flexibility index (Phi) is 4.00. The number of nitrogen functional groups attached to an aromatic ring is 1. The summed E-state index contributed by atoms with van der Waals surface area (Å²) < 4.78 is 40.8. The van der Waals surface area contributed by atoms with Crippen LogP contribution in [0.1, 0.15) is 25.7 Å². The molecule has 3 N–H and O–H groups in total. The van der Waals surface area contributed by atoms with Gasteiger partial charge in [-0.1, -0.05) is 0 Å². The number of hydrogen-bond acceptors (Lipinski definition) is 3. The van der Waals surface area contributed by atoms with Crippen molar-refractivity contribution in [3.63, 3.8) is 0 Å². The molecule has 1 aromatic carbocycles. The van der Waals surface area contributed by atoms with Gasteiger partial charge in [0, 0.05) is 6.54 Å². The Balaban J connectivity index is 1.75. The van der Waals surface area contributed by atoms with Gasteiger partial charge in [0.25, 0.3) is 0 Å². The van der Waals surface area contributed by atoms with Crippen molar-refractivity contribution in [3.05, 3.63) is 22.4 Å². The molecule has 2 aliphatic rings. The molecule has 2 saturated carbocycles. The SMILES string of the molecule is Nc1cc(F)c(Br)cc1S(=O)(=O)NCC(C1CC1)C1CC1. The molecular formula is C14H18BrFN2O2S. The zero-order chi connectivity index (χ0) is 15.2. The molecule has 116 valence electrons. The van der Waals surface area contributed by atoms with E-state index in [2.05, 4.69) is 20.7 Å². The third kappa shape index (κ3) is 3.40. The summed E-state index contributed by atoms with van der Waals surface area (Å²) in [6.45, 7) is 0.450. The molecule has 1 aromatic rings. The monoisotopic (exact) mass is 376 g/mol. The molecule has 0 aliphatic heterocycles. The molecular weight excluding hydrogens is 359 g/mol. The molecule has 0 amide bonds. The maximum absolute atomic E-state index is 13.3. The van der Waals surface area contributed by atoms with Crippen LogP contribution < -0.4 is 10.5 Å². The van der Waals surface area contributed by atoms with E-state index in [9.17, 15) is 12.8 Å². The zero-order valence-corrected chi connectivity index (χ0v) is 13.9. The van der Waals surface area contributed by atoms with Crippen LogP contribution in [0.25, 0.3) is 0 Å². The summed E-state index contributed by atoms with van der Waals surface area (Å²) in [5, 5.41) is 0. The van der Waals surface area contributed by atoms with E-state index in [1.54, 1.807) is 0 Å². The van der Waals surface area contributed by atoms with Crippen molar-refractivity contribution in [1.82, 2.24) is 4.72 Å². The van der Waals surface area contributed by atoms with Crippen LogP contribution in [-0.4, -0.2) is 15.0 Å². The van der Waals surface area contributed by atoms with Crippen molar-refractivity contribution in [3.8, 4) is 0 Å². The molecule has 0 saturated heterocycles. The summed E-state index contributed by atoms with van der Waals surface area (Å²) in [5.41, 5.74) is 5.58. The van der Waals surface area contributed by atoms with Gasteiger partial charge in [-0.15, -0.1) is 0 Å². The fourth-order valence-electron chi connectivity index (χ4n) is 2.83. The fraction of sp³-hybridized carbons (Fsp3) is 0.571. The van der Waals surface area contributed by atoms with Crippen LogP contribution in [0, 0.1) is 23.6 Å². The van der Waals surface area contributed by atoms with E-state index in [1.807, 2.05) is 0 Å². The van der Waals surface area contributed by atoms with Crippen LogP contribution in [0.2, 0.25) is 0 Å². The molecule has 0 aromatic heterocycles. The van der Waals surface area contributed by atoms with E-state index in [-0.39, 0.29) is 15.1 Å². The molecule has 4 nitrogen and oxygen atoms in total. The predicted octanol–water partition coefficient (Wildman–Crippen LogP) is 2.88. The summed E-state index contributed by atoms with van der Waals surface area (Å²) in [6.07, 6.45) is 4.81. The van der Waals surface area contributed by atoms with Gasteiger partial charge in [0.05, 0.1) is 10.2 Å². The third-order valence-corrected chi connectivity index (χ3v) is 6.39. The topological polar surface area (TPSA) is 72.2 Å². The molecule has 0 bridgehead atoms. The Hall–Kier alpha value is -0.660. The van der Waals surface area contributed by atoms with E-state index >= 15 is 0 Å². The number of nitrogens with two attached hydrogens (primary N) is 1. The van der Waals surface area contributed by atoms with E-state index in [0.717, 1.165) is 6.07 Å². The van der Waals surface area contributed by atoms with Crippen molar-refractivity contribution < 1.29 is 12.8 Å². The minimum atomic E-state index is -3.71. The summed E-state index contributed by atoms with van der Waals surface area (Å²) >= 11 is 3.00. The minimum absolute atomic E-state index is 0.0684. The summed E-state index contributed by atoms with van der Waals surface area (Å²) in [4.78, 5) is -0.0684. The van der Waals surface area contributed by atoms with Crippen LogP contribution in [0.15, 0.2) is 21.5 Å². The molecule has 7 heteroatoms. The Morgan fingerprint density at radius 2 is 1.86 bits per heavy atom. The number of halogens is 2. The lowest BCUT2D eigenvalue weighted by Crippen LogP contribution is -2.31. The van der Waals surface area contributed by atoms with Crippen molar-refractivity contribution in [2.75, 3.05) is 12.3 Å². The average molecular weight is 377 g/mol. The van der Waals surface area contributed by atoms with Gasteiger partial charge in [-0.3, -0.25) is 0 Å². The summed E-state index contributed by atoms with van der Waals surface area (Å²) in [7, 11) is -3.71. The maximum Gasteiger partial charge on any atom is 0.242 e. The first-order valence-corrected chi connectivity index (χ1v) is 9.40. The van der Waals surface area contributed by atoms with Gasteiger partial charge in [-0.25, -0.2) is 17.5 Å². The highest BCUT2D eigenvalue weighted by atomic mass is 79.9. The second kappa shape index (κ2) is 5.52. The second-order valence-electron chi connectivity index (χ2n) is 5.99. The molecule has 0 atom stereocenters. The maximum atomic E-state index is 13.3. The highest BCUT2D eigenvalue weighted by Crippen LogP contribution is 2.48. The highest BCUT2D eigenvalue weighted by Gasteiger charge is 2.41. The Labute approximate surface area is 132 Å². The fourth-order valence-corrected chi connectivity index (χ4v) is 4.53. The number of benzene rings is 1. The van der Waals surface area contributed by atoms with Gasteiger partial charge < -0.3 is 5.73 Å². The van der Waals surface area contributed by atoms with Gasteiger partial charge in [0.2, 0.25) is 10.0 Å². The van der Waals surface area contributed by atoms with E-state index in [4.69, 9.17) is 5.73 Å². The summed E-state index contributed by atoms with van der Waals surface area (Å²) in [5.74, 6) is 1.19. The lowest BCUT2D eigenvalue weighted by Gasteiger charge is -2.17. The number of nitrogens with one attached hydrogen (secondary N) is 1. The predicted molar refractivity (Wildman–Crippen MR) is 82.6 cm³/mol. The van der Waals surface area contributed by atoms with Crippen molar-refractivity contribution in [2.24, 2.45) is 17.8 Å². The van der Waals surface area contributed by atoms with Gasteiger partial charge >= 0.3 is 0 Å².